The van der Waals surface area contributed by atoms with E-state index in [0.29, 0.717) is 12.4 Å². The minimum atomic E-state index is -0.254. The summed E-state index contributed by atoms with van der Waals surface area (Å²) in [5, 5.41) is 8.02. The van der Waals surface area contributed by atoms with Gasteiger partial charge in [-0.25, -0.2) is 13.9 Å². The first-order valence-electron chi connectivity index (χ1n) is 10.4. The van der Waals surface area contributed by atoms with Gasteiger partial charge in [0.25, 0.3) is 0 Å². The van der Waals surface area contributed by atoms with E-state index in [1.54, 1.807) is 16.8 Å². The van der Waals surface area contributed by atoms with Crippen molar-refractivity contribution in [1.82, 2.24) is 14.6 Å². The molecule has 31 heavy (non-hydrogen) atoms. The van der Waals surface area contributed by atoms with Gasteiger partial charge in [0.15, 0.2) is 5.65 Å². The average Bonchev–Trinajstić information content (AvgIpc) is 3.21. The smallest absolute Gasteiger partial charge is 0.154 e. The number of hydrogen-bond acceptors (Lipinski definition) is 5. The van der Waals surface area contributed by atoms with Crippen molar-refractivity contribution in [2.75, 3.05) is 11.9 Å². The van der Waals surface area contributed by atoms with Crippen molar-refractivity contribution in [1.29, 1.82) is 0 Å². The number of nitrogens with one attached hydrogen (secondary N) is 1. The van der Waals surface area contributed by atoms with Crippen molar-refractivity contribution in [3.8, 4) is 17.0 Å². The second-order valence-electron chi connectivity index (χ2n) is 7.56. The van der Waals surface area contributed by atoms with Crippen LogP contribution in [-0.4, -0.2) is 27.2 Å². The van der Waals surface area contributed by atoms with Crippen molar-refractivity contribution in [3.63, 3.8) is 0 Å². The van der Waals surface area contributed by atoms with Gasteiger partial charge in [0, 0.05) is 11.6 Å². The minimum Gasteiger partial charge on any atom is -0.492 e. The Morgan fingerprint density at radius 3 is 2.68 bits per heavy atom. The first kappa shape index (κ1) is 20.8. The number of benzene rings is 2. The number of hydrogen-bond donors (Lipinski definition) is 2. The van der Waals surface area contributed by atoms with Crippen molar-refractivity contribution < 1.29 is 9.13 Å². The van der Waals surface area contributed by atoms with Gasteiger partial charge in [-0.05, 0) is 67.4 Å². The van der Waals surface area contributed by atoms with Gasteiger partial charge in [0.1, 0.15) is 24.0 Å². The Kier molecular flexibility index (Phi) is 6.13. The summed E-state index contributed by atoms with van der Waals surface area (Å²) in [5.41, 5.74) is 9.35. The molecule has 0 aliphatic heterocycles. The fraction of sp³-hybridized carbons (Fsp3) is 0.250. The number of anilines is 1. The highest BCUT2D eigenvalue weighted by Gasteiger charge is 2.11. The lowest BCUT2D eigenvalue weighted by atomic mass is 10.1. The molecule has 3 N–H and O–H groups in total. The summed E-state index contributed by atoms with van der Waals surface area (Å²) in [4.78, 5) is 4.45. The van der Waals surface area contributed by atoms with Gasteiger partial charge >= 0.3 is 0 Å². The fourth-order valence-corrected chi connectivity index (χ4v) is 3.27. The van der Waals surface area contributed by atoms with Gasteiger partial charge in [-0.2, -0.15) is 0 Å². The molecular weight excluding hydrogens is 393 g/mol. The maximum atomic E-state index is 13.5. The molecule has 0 unspecified atom stereocenters. The fourth-order valence-electron chi connectivity index (χ4n) is 3.27. The highest BCUT2D eigenvalue weighted by molar-refractivity contribution is 5.64. The monoisotopic (exact) mass is 419 g/mol. The molecule has 0 amide bonds. The van der Waals surface area contributed by atoms with E-state index in [1.807, 2.05) is 56.3 Å². The lowest BCUT2D eigenvalue weighted by Gasteiger charge is -2.15. The van der Waals surface area contributed by atoms with Crippen LogP contribution in [0, 0.1) is 5.82 Å². The Bertz CT molecular complexity index is 1160. The molecule has 0 saturated heterocycles. The van der Waals surface area contributed by atoms with E-state index in [2.05, 4.69) is 10.3 Å². The third-order valence-electron chi connectivity index (χ3n) is 5.21. The van der Waals surface area contributed by atoms with E-state index >= 15 is 0 Å². The van der Waals surface area contributed by atoms with Crippen molar-refractivity contribution >= 4 is 11.5 Å². The number of imidazole rings is 1. The molecule has 2 aromatic heterocycles. The number of nitrogens with two attached hydrogens (primary N) is 1. The SMILES string of the molecule is CC[C@@H](N)COc1ccc(-c2cnc3ccc(N[C@H](C)c4cccc(F)c4)nn23)cc1. The summed E-state index contributed by atoms with van der Waals surface area (Å²) in [5.74, 6) is 1.20. The minimum absolute atomic E-state index is 0.0309. The van der Waals surface area contributed by atoms with E-state index in [0.717, 1.165) is 34.6 Å². The molecule has 0 bridgehead atoms. The molecule has 0 aliphatic rings. The molecule has 4 rings (SSSR count). The molecule has 0 saturated carbocycles. The average molecular weight is 420 g/mol. The number of ether oxygens (including phenoxy) is 1. The first-order chi connectivity index (χ1) is 15.0. The van der Waals surface area contributed by atoms with Gasteiger partial charge < -0.3 is 15.8 Å². The summed E-state index contributed by atoms with van der Waals surface area (Å²) in [6, 6.07) is 18.1. The number of nitrogens with zero attached hydrogens (tertiary/aromatic N) is 3. The molecule has 2 heterocycles. The number of aromatic nitrogens is 3. The third-order valence-corrected chi connectivity index (χ3v) is 5.21. The Labute approximate surface area is 180 Å². The molecule has 6 nitrogen and oxygen atoms in total. The lowest BCUT2D eigenvalue weighted by molar-refractivity contribution is 0.285. The van der Waals surface area contributed by atoms with Crippen molar-refractivity contribution in [2.24, 2.45) is 5.73 Å². The largest absolute Gasteiger partial charge is 0.492 e. The summed E-state index contributed by atoms with van der Waals surface area (Å²) in [6.07, 6.45) is 2.67. The number of halogens is 1. The molecule has 0 radical (unpaired) electrons. The first-order valence-corrected chi connectivity index (χ1v) is 10.4. The van der Waals surface area contributed by atoms with Gasteiger partial charge in [-0.3, -0.25) is 0 Å². The van der Waals surface area contributed by atoms with Crippen molar-refractivity contribution in [2.45, 2.75) is 32.4 Å². The van der Waals surface area contributed by atoms with Crippen LogP contribution >= 0.6 is 0 Å². The van der Waals surface area contributed by atoms with Gasteiger partial charge in [-0.1, -0.05) is 19.1 Å². The normalized spacial score (nSPS) is 13.2. The molecule has 2 atom stereocenters. The van der Waals surface area contributed by atoms with Crippen LogP contribution in [0.4, 0.5) is 10.2 Å². The van der Waals surface area contributed by atoms with Gasteiger partial charge in [-0.15, -0.1) is 5.10 Å². The standard InChI is InChI=1S/C24H26FN5O/c1-3-20(26)15-31-21-9-7-17(8-10-21)22-14-27-24-12-11-23(29-30(22)24)28-16(2)18-5-4-6-19(25)13-18/h4-14,16,20H,3,15,26H2,1-2H3,(H,28,29)/t16-,20-/m1/s1. The van der Waals surface area contributed by atoms with Crippen LogP contribution in [0.25, 0.3) is 16.9 Å². The van der Waals surface area contributed by atoms with Crippen LogP contribution in [0.3, 0.4) is 0 Å². The predicted octanol–water partition coefficient (Wildman–Crippen LogP) is 4.82. The second kappa shape index (κ2) is 9.14. The summed E-state index contributed by atoms with van der Waals surface area (Å²) in [6.45, 7) is 4.50. The van der Waals surface area contributed by atoms with E-state index in [1.165, 1.54) is 12.1 Å². The molecule has 2 aromatic carbocycles. The number of rotatable bonds is 8. The molecule has 4 aromatic rings. The quantitative estimate of drug-likeness (QED) is 0.428. The Morgan fingerprint density at radius 1 is 1.13 bits per heavy atom. The predicted molar refractivity (Wildman–Crippen MR) is 121 cm³/mol. The third kappa shape index (κ3) is 4.83. The summed E-state index contributed by atoms with van der Waals surface area (Å²) in [7, 11) is 0. The molecule has 7 heteroatoms. The van der Waals surface area contributed by atoms with E-state index in [4.69, 9.17) is 15.6 Å². The topological polar surface area (TPSA) is 77.5 Å². The van der Waals surface area contributed by atoms with Crippen LogP contribution in [0.1, 0.15) is 31.9 Å². The van der Waals surface area contributed by atoms with Crippen LogP contribution in [0.15, 0.2) is 66.9 Å². The Hall–Kier alpha value is -3.45. The lowest BCUT2D eigenvalue weighted by Crippen LogP contribution is -2.26. The Morgan fingerprint density at radius 2 is 1.94 bits per heavy atom. The highest BCUT2D eigenvalue weighted by Crippen LogP contribution is 2.25. The molecule has 160 valence electrons. The molecular formula is C24H26FN5O. The second-order valence-corrected chi connectivity index (χ2v) is 7.56. The van der Waals surface area contributed by atoms with E-state index in [-0.39, 0.29) is 17.9 Å². The zero-order chi connectivity index (χ0) is 21.8. The summed E-state index contributed by atoms with van der Waals surface area (Å²) < 4.78 is 21.1. The van der Waals surface area contributed by atoms with Crippen LogP contribution in [0.2, 0.25) is 0 Å². The van der Waals surface area contributed by atoms with Gasteiger partial charge in [0.05, 0.1) is 17.9 Å². The van der Waals surface area contributed by atoms with Crippen LogP contribution in [-0.2, 0) is 0 Å². The zero-order valence-electron chi connectivity index (χ0n) is 17.6. The molecule has 0 spiro atoms. The molecule has 0 aliphatic carbocycles. The summed E-state index contributed by atoms with van der Waals surface area (Å²) >= 11 is 0. The van der Waals surface area contributed by atoms with E-state index in [9.17, 15) is 4.39 Å². The van der Waals surface area contributed by atoms with Crippen LogP contribution < -0.4 is 15.8 Å². The highest BCUT2D eigenvalue weighted by atomic mass is 19.1. The maximum absolute atomic E-state index is 13.5. The van der Waals surface area contributed by atoms with E-state index < -0.39 is 0 Å². The number of fused-ring (bicyclic) bond motifs is 1. The van der Waals surface area contributed by atoms with Crippen LogP contribution in [0.5, 0.6) is 5.75 Å². The Balaban J connectivity index is 1.54. The van der Waals surface area contributed by atoms with Gasteiger partial charge in [0.2, 0.25) is 0 Å². The maximum Gasteiger partial charge on any atom is 0.154 e. The van der Waals surface area contributed by atoms with Crippen molar-refractivity contribution in [3.05, 3.63) is 78.2 Å². The zero-order valence-corrected chi connectivity index (χ0v) is 17.6. The molecule has 0 fully saturated rings.